The highest BCUT2D eigenvalue weighted by atomic mass is 16.3. The van der Waals surface area contributed by atoms with Crippen molar-refractivity contribution in [2.45, 2.75) is 51.2 Å². The van der Waals surface area contributed by atoms with E-state index in [1.165, 1.54) is 16.5 Å². The summed E-state index contributed by atoms with van der Waals surface area (Å²) in [4.78, 5) is 14.6. The quantitative estimate of drug-likeness (QED) is 0.922. The Morgan fingerprint density at radius 3 is 2.96 bits per heavy atom. The maximum atomic E-state index is 12.6. The average molecular weight is 314 g/mol. The third-order valence-corrected chi connectivity index (χ3v) is 4.90. The van der Waals surface area contributed by atoms with Gasteiger partial charge in [0, 0.05) is 43.2 Å². The summed E-state index contributed by atoms with van der Waals surface area (Å²) >= 11 is 0. The molecule has 4 heteroatoms. The van der Waals surface area contributed by atoms with Gasteiger partial charge in [0.1, 0.15) is 0 Å². The van der Waals surface area contributed by atoms with Gasteiger partial charge in [0.15, 0.2) is 0 Å². The van der Waals surface area contributed by atoms with E-state index in [1.807, 2.05) is 24.1 Å². The van der Waals surface area contributed by atoms with E-state index in [1.54, 1.807) is 6.92 Å². The summed E-state index contributed by atoms with van der Waals surface area (Å²) in [5.41, 5.74) is 2.45. The van der Waals surface area contributed by atoms with Crippen molar-refractivity contribution in [2.75, 3.05) is 6.54 Å². The summed E-state index contributed by atoms with van der Waals surface area (Å²) in [7, 11) is 2.05. The number of benzene rings is 1. The molecule has 0 aliphatic carbocycles. The van der Waals surface area contributed by atoms with Crippen LogP contribution in [0.25, 0.3) is 10.9 Å². The van der Waals surface area contributed by atoms with Gasteiger partial charge in [-0.2, -0.15) is 0 Å². The van der Waals surface area contributed by atoms with Crippen molar-refractivity contribution in [2.24, 2.45) is 7.05 Å². The Morgan fingerprint density at radius 2 is 2.17 bits per heavy atom. The molecule has 0 radical (unpaired) electrons. The van der Waals surface area contributed by atoms with Gasteiger partial charge < -0.3 is 14.6 Å². The van der Waals surface area contributed by atoms with Crippen LogP contribution in [0.1, 0.15) is 38.2 Å². The summed E-state index contributed by atoms with van der Waals surface area (Å²) in [5.74, 6) is 0.223. The third-order valence-electron chi connectivity index (χ3n) is 4.90. The SMILES string of the molecule is CC(O)CC1CCCN1C(=O)CCc1cn(C)c2ccccc12. The zero-order chi connectivity index (χ0) is 16.4. The van der Waals surface area contributed by atoms with Gasteiger partial charge in [0.05, 0.1) is 6.10 Å². The van der Waals surface area contributed by atoms with E-state index in [0.29, 0.717) is 12.8 Å². The number of rotatable bonds is 5. The number of aromatic nitrogens is 1. The Hall–Kier alpha value is -1.81. The Labute approximate surface area is 137 Å². The van der Waals surface area contributed by atoms with E-state index in [9.17, 15) is 9.90 Å². The lowest BCUT2D eigenvalue weighted by molar-refractivity contribution is -0.132. The molecule has 4 nitrogen and oxygen atoms in total. The Bertz CT molecular complexity index is 690. The number of aryl methyl sites for hydroxylation is 2. The standard InChI is InChI=1S/C19H26N2O2/c1-14(22)12-16-6-5-11-21(16)19(23)10-9-15-13-20(2)18-8-4-3-7-17(15)18/h3-4,7-8,13-14,16,22H,5-6,9-12H2,1-2H3. The second-order valence-electron chi connectivity index (χ2n) is 6.75. The number of carbonyl (C=O) groups excluding carboxylic acids is 1. The van der Waals surface area contributed by atoms with Crippen molar-refractivity contribution < 1.29 is 9.90 Å². The number of aliphatic hydroxyl groups excluding tert-OH is 1. The molecule has 2 aromatic rings. The van der Waals surface area contributed by atoms with Gasteiger partial charge in [0.25, 0.3) is 0 Å². The molecule has 1 aliphatic rings. The third kappa shape index (κ3) is 3.42. The van der Waals surface area contributed by atoms with Crippen LogP contribution in [-0.2, 0) is 18.3 Å². The van der Waals surface area contributed by atoms with E-state index < -0.39 is 0 Å². The van der Waals surface area contributed by atoms with Gasteiger partial charge in [0.2, 0.25) is 5.91 Å². The normalized spacial score (nSPS) is 19.4. The lowest BCUT2D eigenvalue weighted by Gasteiger charge is -2.25. The maximum Gasteiger partial charge on any atom is 0.223 e. The molecule has 1 fully saturated rings. The molecule has 2 heterocycles. The monoisotopic (exact) mass is 314 g/mol. The number of aliphatic hydroxyl groups is 1. The van der Waals surface area contributed by atoms with Gasteiger partial charge in [-0.25, -0.2) is 0 Å². The minimum absolute atomic E-state index is 0.218. The lowest BCUT2D eigenvalue weighted by atomic mass is 10.1. The Balaban J connectivity index is 1.66. The van der Waals surface area contributed by atoms with Crippen LogP contribution in [0.3, 0.4) is 0 Å². The molecule has 1 aromatic carbocycles. The molecule has 1 amide bonds. The van der Waals surface area contributed by atoms with E-state index in [0.717, 1.165) is 25.8 Å². The lowest BCUT2D eigenvalue weighted by Crippen LogP contribution is -2.37. The molecule has 0 spiro atoms. The molecule has 1 N–H and O–H groups in total. The van der Waals surface area contributed by atoms with E-state index in [4.69, 9.17) is 0 Å². The van der Waals surface area contributed by atoms with E-state index in [2.05, 4.69) is 22.9 Å². The number of carbonyl (C=O) groups is 1. The van der Waals surface area contributed by atoms with Crippen LogP contribution in [0.15, 0.2) is 30.5 Å². The molecule has 2 unspecified atom stereocenters. The minimum Gasteiger partial charge on any atom is -0.393 e. The van der Waals surface area contributed by atoms with Crippen molar-refractivity contribution in [1.29, 1.82) is 0 Å². The number of likely N-dealkylation sites (tertiary alicyclic amines) is 1. The number of para-hydroxylation sites is 1. The first-order valence-electron chi connectivity index (χ1n) is 8.56. The second kappa shape index (κ2) is 6.75. The van der Waals surface area contributed by atoms with Crippen molar-refractivity contribution >= 4 is 16.8 Å². The van der Waals surface area contributed by atoms with Gasteiger partial charge in [-0.15, -0.1) is 0 Å². The molecule has 3 rings (SSSR count). The fourth-order valence-electron chi connectivity index (χ4n) is 3.81. The summed E-state index contributed by atoms with van der Waals surface area (Å²) in [6.45, 7) is 2.64. The Morgan fingerprint density at radius 1 is 1.39 bits per heavy atom. The summed E-state index contributed by atoms with van der Waals surface area (Å²) in [6, 6.07) is 8.55. The predicted octanol–water partition coefficient (Wildman–Crippen LogP) is 2.87. The van der Waals surface area contributed by atoms with Crippen LogP contribution in [0.2, 0.25) is 0 Å². The highest BCUT2D eigenvalue weighted by Gasteiger charge is 2.29. The van der Waals surface area contributed by atoms with Crippen LogP contribution < -0.4 is 0 Å². The highest BCUT2D eigenvalue weighted by molar-refractivity contribution is 5.85. The van der Waals surface area contributed by atoms with E-state index in [-0.39, 0.29) is 18.1 Å². The zero-order valence-corrected chi connectivity index (χ0v) is 14.0. The van der Waals surface area contributed by atoms with E-state index >= 15 is 0 Å². The maximum absolute atomic E-state index is 12.6. The molecule has 1 saturated heterocycles. The molecular formula is C19H26N2O2. The zero-order valence-electron chi connectivity index (χ0n) is 14.0. The number of nitrogens with zero attached hydrogens (tertiary/aromatic N) is 2. The van der Waals surface area contributed by atoms with Crippen molar-refractivity contribution in [3.8, 4) is 0 Å². The first-order valence-corrected chi connectivity index (χ1v) is 8.56. The van der Waals surface area contributed by atoms with Crippen molar-refractivity contribution in [1.82, 2.24) is 9.47 Å². The fraction of sp³-hybridized carbons (Fsp3) is 0.526. The first-order chi connectivity index (χ1) is 11.1. The number of hydrogen-bond donors (Lipinski definition) is 1. The molecule has 1 aromatic heterocycles. The predicted molar refractivity (Wildman–Crippen MR) is 92.3 cm³/mol. The molecular weight excluding hydrogens is 288 g/mol. The molecule has 1 aliphatic heterocycles. The van der Waals surface area contributed by atoms with Crippen molar-refractivity contribution in [3.05, 3.63) is 36.0 Å². The summed E-state index contributed by atoms with van der Waals surface area (Å²) in [6.07, 6.45) is 5.88. The van der Waals surface area contributed by atoms with Crippen LogP contribution in [0, 0.1) is 0 Å². The van der Waals surface area contributed by atoms with Crippen LogP contribution >= 0.6 is 0 Å². The molecule has 23 heavy (non-hydrogen) atoms. The minimum atomic E-state index is -0.341. The fourth-order valence-corrected chi connectivity index (χ4v) is 3.81. The summed E-state index contributed by atoms with van der Waals surface area (Å²) < 4.78 is 2.13. The van der Waals surface area contributed by atoms with Gasteiger partial charge in [-0.3, -0.25) is 4.79 Å². The van der Waals surface area contributed by atoms with Gasteiger partial charge >= 0.3 is 0 Å². The first kappa shape index (κ1) is 16.1. The van der Waals surface area contributed by atoms with Crippen LogP contribution in [0.5, 0.6) is 0 Å². The Kier molecular flexibility index (Phi) is 4.71. The molecule has 2 atom stereocenters. The van der Waals surface area contributed by atoms with Crippen LogP contribution in [-0.4, -0.2) is 39.2 Å². The number of amides is 1. The number of fused-ring (bicyclic) bond motifs is 1. The molecule has 124 valence electrons. The largest absolute Gasteiger partial charge is 0.393 e. The molecule has 0 saturated carbocycles. The highest BCUT2D eigenvalue weighted by Crippen LogP contribution is 2.25. The smallest absolute Gasteiger partial charge is 0.223 e. The topological polar surface area (TPSA) is 45.5 Å². The average Bonchev–Trinajstić information content (AvgIpc) is 3.10. The summed E-state index contributed by atoms with van der Waals surface area (Å²) in [5, 5.41) is 10.8. The van der Waals surface area contributed by atoms with Gasteiger partial charge in [-0.1, -0.05) is 18.2 Å². The molecule has 0 bridgehead atoms. The number of hydrogen-bond acceptors (Lipinski definition) is 2. The second-order valence-corrected chi connectivity index (χ2v) is 6.75. The van der Waals surface area contributed by atoms with Gasteiger partial charge in [-0.05, 0) is 44.2 Å². The van der Waals surface area contributed by atoms with Crippen molar-refractivity contribution in [3.63, 3.8) is 0 Å². The van der Waals surface area contributed by atoms with Crippen LogP contribution in [0.4, 0.5) is 0 Å².